The number of carbonyl (C=O) groups excluding carboxylic acids is 1. The zero-order valence-corrected chi connectivity index (χ0v) is 16.9. The first-order chi connectivity index (χ1) is 12.1. The van der Waals surface area contributed by atoms with Gasteiger partial charge in [0.25, 0.3) is 0 Å². The van der Waals surface area contributed by atoms with E-state index in [1.54, 1.807) is 0 Å². The first-order valence-electron chi connectivity index (χ1n) is 9.54. The van der Waals surface area contributed by atoms with Crippen LogP contribution in [0.1, 0.15) is 44.4 Å². The lowest BCUT2D eigenvalue weighted by molar-refractivity contribution is -0.131. The molecule has 1 aromatic heterocycles. The third-order valence-corrected chi connectivity index (χ3v) is 5.56. The van der Waals surface area contributed by atoms with Crippen molar-refractivity contribution >= 4 is 29.3 Å². The Hall–Kier alpha value is -1.52. The number of nitrogens with zero attached hydrogens (tertiary/aromatic N) is 1. The summed E-state index contributed by atoms with van der Waals surface area (Å²) in [5, 5.41) is 4.58. The van der Waals surface area contributed by atoms with Crippen molar-refractivity contribution < 1.29 is 9.21 Å². The van der Waals surface area contributed by atoms with Crippen molar-refractivity contribution in [1.82, 2.24) is 10.2 Å². The van der Waals surface area contributed by atoms with Gasteiger partial charge in [-0.25, -0.2) is 0 Å². The number of furan rings is 1. The maximum atomic E-state index is 12.7. The van der Waals surface area contributed by atoms with Crippen LogP contribution in [0.25, 0.3) is 11.0 Å². The Labute approximate surface area is 162 Å². The highest BCUT2D eigenvalue weighted by Crippen LogP contribution is 2.28. The fraction of sp³-hybridized carbons (Fsp3) is 0.571. The van der Waals surface area contributed by atoms with E-state index in [1.807, 2.05) is 30.1 Å². The molecule has 2 unspecified atom stereocenters. The lowest BCUT2D eigenvalue weighted by Crippen LogP contribution is -2.36. The Kier molecular flexibility index (Phi) is 7.54. The molecule has 0 radical (unpaired) electrons. The van der Waals surface area contributed by atoms with E-state index in [1.165, 1.54) is 12.8 Å². The predicted octanol–water partition coefficient (Wildman–Crippen LogP) is 4.40. The molecule has 0 bridgehead atoms. The molecule has 1 amide bonds. The van der Waals surface area contributed by atoms with Crippen molar-refractivity contribution in [1.29, 1.82) is 0 Å². The molecule has 2 atom stereocenters. The number of benzene rings is 1. The molecule has 0 spiro atoms. The summed E-state index contributed by atoms with van der Waals surface area (Å²) in [4.78, 5) is 14.6. The second kappa shape index (κ2) is 9.43. The number of hydrogen-bond donors (Lipinski definition) is 1. The average molecular weight is 379 g/mol. The molecule has 1 aliphatic heterocycles. The van der Waals surface area contributed by atoms with Crippen LogP contribution in [0, 0.1) is 11.8 Å². The SMILES string of the molecule is CCc1oc2ccccc2c1CN(C)C(=O)CC(C)C1CCCNC1.Cl. The third-order valence-electron chi connectivity index (χ3n) is 5.56. The van der Waals surface area contributed by atoms with Gasteiger partial charge in [0.1, 0.15) is 11.3 Å². The molecule has 1 N–H and O–H groups in total. The molecule has 26 heavy (non-hydrogen) atoms. The van der Waals surface area contributed by atoms with Crippen molar-refractivity contribution in [3.63, 3.8) is 0 Å². The van der Waals surface area contributed by atoms with Gasteiger partial charge in [0.2, 0.25) is 5.91 Å². The summed E-state index contributed by atoms with van der Waals surface area (Å²) in [6.45, 7) is 7.10. The van der Waals surface area contributed by atoms with Gasteiger partial charge in [-0.05, 0) is 43.8 Å². The summed E-state index contributed by atoms with van der Waals surface area (Å²) in [5.74, 6) is 2.26. The Balaban J connectivity index is 0.00000243. The number of aryl methyl sites for hydroxylation is 1. The van der Waals surface area contributed by atoms with Gasteiger partial charge in [0.05, 0.1) is 0 Å². The molecule has 4 nitrogen and oxygen atoms in total. The van der Waals surface area contributed by atoms with Crippen LogP contribution in [-0.4, -0.2) is 30.9 Å². The second-order valence-electron chi connectivity index (χ2n) is 7.39. The van der Waals surface area contributed by atoms with Gasteiger partial charge in [-0.1, -0.05) is 32.0 Å². The Bertz CT molecular complexity index is 722. The largest absolute Gasteiger partial charge is 0.461 e. The fourth-order valence-electron chi connectivity index (χ4n) is 3.90. The second-order valence-corrected chi connectivity index (χ2v) is 7.39. The van der Waals surface area contributed by atoms with E-state index >= 15 is 0 Å². The number of nitrogens with one attached hydrogen (secondary N) is 1. The Morgan fingerprint density at radius 3 is 2.85 bits per heavy atom. The highest BCUT2D eigenvalue weighted by Gasteiger charge is 2.24. The first-order valence-corrected chi connectivity index (χ1v) is 9.54. The van der Waals surface area contributed by atoms with Crippen LogP contribution < -0.4 is 5.32 Å². The molecule has 144 valence electrons. The Morgan fingerprint density at radius 2 is 2.15 bits per heavy atom. The van der Waals surface area contributed by atoms with Crippen LogP contribution in [0.5, 0.6) is 0 Å². The number of fused-ring (bicyclic) bond motifs is 1. The summed E-state index contributed by atoms with van der Waals surface area (Å²) in [6.07, 6.45) is 3.92. The molecular weight excluding hydrogens is 348 g/mol. The predicted molar refractivity (Wildman–Crippen MR) is 109 cm³/mol. The lowest BCUT2D eigenvalue weighted by atomic mass is 9.85. The van der Waals surface area contributed by atoms with E-state index in [2.05, 4.69) is 25.2 Å². The van der Waals surface area contributed by atoms with E-state index in [0.29, 0.717) is 24.8 Å². The molecule has 2 aromatic rings. The standard InChI is InChI=1S/C21H30N2O2.ClH/c1-4-19-18(17-9-5-6-10-20(17)25-19)14-23(3)21(24)12-15(2)16-8-7-11-22-13-16;/h5-6,9-10,15-16,22H,4,7-8,11-14H2,1-3H3;1H. The smallest absolute Gasteiger partial charge is 0.222 e. The quantitative estimate of drug-likeness (QED) is 0.810. The van der Waals surface area contributed by atoms with Gasteiger partial charge in [-0.3, -0.25) is 4.79 Å². The number of para-hydroxylation sites is 1. The minimum atomic E-state index is 0. The fourth-order valence-corrected chi connectivity index (χ4v) is 3.90. The number of piperidine rings is 1. The number of hydrogen-bond acceptors (Lipinski definition) is 3. The average Bonchev–Trinajstić information content (AvgIpc) is 3.00. The maximum absolute atomic E-state index is 12.7. The summed E-state index contributed by atoms with van der Waals surface area (Å²) in [7, 11) is 1.91. The van der Waals surface area contributed by atoms with Crippen LogP contribution in [0.2, 0.25) is 0 Å². The number of halogens is 1. The van der Waals surface area contributed by atoms with Gasteiger partial charge in [-0.15, -0.1) is 12.4 Å². The Morgan fingerprint density at radius 1 is 1.38 bits per heavy atom. The molecule has 0 aliphatic carbocycles. The normalized spacial score (nSPS) is 18.3. The summed E-state index contributed by atoms with van der Waals surface area (Å²) >= 11 is 0. The van der Waals surface area contributed by atoms with Crippen LogP contribution in [0.15, 0.2) is 28.7 Å². The molecule has 5 heteroatoms. The number of rotatable bonds is 6. The zero-order chi connectivity index (χ0) is 17.8. The highest BCUT2D eigenvalue weighted by atomic mass is 35.5. The first kappa shape index (κ1) is 20.8. The third kappa shape index (κ3) is 4.60. The molecule has 1 saturated heterocycles. The monoisotopic (exact) mass is 378 g/mol. The molecule has 1 fully saturated rings. The van der Waals surface area contributed by atoms with Gasteiger partial charge in [0, 0.05) is 37.4 Å². The van der Waals surface area contributed by atoms with E-state index < -0.39 is 0 Å². The summed E-state index contributed by atoms with van der Waals surface area (Å²) < 4.78 is 5.96. The lowest BCUT2D eigenvalue weighted by Gasteiger charge is -2.29. The van der Waals surface area contributed by atoms with Crippen molar-refractivity contribution in [2.45, 2.75) is 46.1 Å². The van der Waals surface area contributed by atoms with Crippen LogP contribution >= 0.6 is 12.4 Å². The maximum Gasteiger partial charge on any atom is 0.222 e. The highest BCUT2D eigenvalue weighted by molar-refractivity contribution is 5.85. The van der Waals surface area contributed by atoms with E-state index in [-0.39, 0.29) is 18.3 Å². The van der Waals surface area contributed by atoms with E-state index in [9.17, 15) is 4.79 Å². The molecule has 1 aromatic carbocycles. The van der Waals surface area contributed by atoms with Gasteiger partial charge in [-0.2, -0.15) is 0 Å². The minimum absolute atomic E-state index is 0. The van der Waals surface area contributed by atoms with E-state index in [4.69, 9.17) is 4.42 Å². The molecule has 2 heterocycles. The molecule has 0 saturated carbocycles. The van der Waals surface area contributed by atoms with Crippen LogP contribution in [-0.2, 0) is 17.8 Å². The molecule has 1 aliphatic rings. The van der Waals surface area contributed by atoms with E-state index in [0.717, 1.165) is 41.8 Å². The van der Waals surface area contributed by atoms with Crippen LogP contribution in [0.3, 0.4) is 0 Å². The minimum Gasteiger partial charge on any atom is -0.461 e. The zero-order valence-electron chi connectivity index (χ0n) is 16.1. The van der Waals surface area contributed by atoms with Crippen molar-refractivity contribution in [3.05, 3.63) is 35.6 Å². The number of amides is 1. The van der Waals surface area contributed by atoms with Crippen molar-refractivity contribution in [3.8, 4) is 0 Å². The summed E-state index contributed by atoms with van der Waals surface area (Å²) in [6, 6.07) is 8.10. The number of carbonyl (C=O) groups is 1. The van der Waals surface area contributed by atoms with Gasteiger partial charge < -0.3 is 14.6 Å². The molecular formula is C21H31ClN2O2. The van der Waals surface area contributed by atoms with Gasteiger partial charge >= 0.3 is 0 Å². The van der Waals surface area contributed by atoms with Crippen molar-refractivity contribution in [2.24, 2.45) is 11.8 Å². The topological polar surface area (TPSA) is 45.5 Å². The molecule has 3 rings (SSSR count). The summed E-state index contributed by atoms with van der Waals surface area (Å²) in [5.41, 5.74) is 2.07. The van der Waals surface area contributed by atoms with Crippen molar-refractivity contribution in [2.75, 3.05) is 20.1 Å². The van der Waals surface area contributed by atoms with Gasteiger partial charge in [0.15, 0.2) is 0 Å². The van der Waals surface area contributed by atoms with Crippen LogP contribution in [0.4, 0.5) is 0 Å².